The lowest BCUT2D eigenvalue weighted by atomic mass is 9.94. The second-order valence-electron chi connectivity index (χ2n) is 7.33. The van der Waals surface area contributed by atoms with Crippen LogP contribution in [0.15, 0.2) is 84.4 Å². The first-order valence-corrected chi connectivity index (χ1v) is 10.1. The summed E-state index contributed by atoms with van der Waals surface area (Å²) in [5, 5.41) is 11.1. The monoisotopic (exact) mass is 413 g/mol. The number of aryl methyl sites for hydroxylation is 1. The Morgan fingerprint density at radius 1 is 0.935 bits per heavy atom. The molecule has 5 heteroatoms. The van der Waals surface area contributed by atoms with Crippen molar-refractivity contribution in [2.75, 3.05) is 12.0 Å². The van der Waals surface area contributed by atoms with E-state index in [1.807, 2.05) is 37.3 Å². The lowest BCUT2D eigenvalue weighted by molar-refractivity contribution is -0.132. The first-order chi connectivity index (χ1) is 15.0. The average Bonchev–Trinajstić information content (AvgIpc) is 3.09. The second-order valence-corrected chi connectivity index (χ2v) is 7.33. The largest absolute Gasteiger partial charge is 0.507 e. The van der Waals surface area contributed by atoms with Crippen LogP contribution in [0, 0.1) is 0 Å². The van der Waals surface area contributed by atoms with E-state index in [-0.39, 0.29) is 11.3 Å². The van der Waals surface area contributed by atoms with E-state index in [1.54, 1.807) is 55.6 Å². The van der Waals surface area contributed by atoms with Crippen LogP contribution in [0.4, 0.5) is 5.69 Å². The number of para-hydroxylation sites is 1. The van der Waals surface area contributed by atoms with Crippen LogP contribution >= 0.6 is 0 Å². The number of carbonyl (C=O) groups is 2. The van der Waals surface area contributed by atoms with Crippen LogP contribution in [0.5, 0.6) is 5.75 Å². The zero-order chi connectivity index (χ0) is 22.0. The first-order valence-electron chi connectivity index (χ1n) is 10.1. The third-order valence-electron chi connectivity index (χ3n) is 5.55. The highest BCUT2D eigenvalue weighted by Crippen LogP contribution is 2.42. The number of anilines is 1. The SMILES string of the molecule is CCc1ccc(/C(O)=C2/C(=O)C(=O)N(c3ccccc3)C2c2ccc(OC)cc2)cc1. The zero-order valence-corrected chi connectivity index (χ0v) is 17.4. The number of ketones is 1. The number of rotatable bonds is 5. The van der Waals surface area contributed by atoms with Gasteiger partial charge in [-0.15, -0.1) is 0 Å². The molecular formula is C26H23NO4. The van der Waals surface area contributed by atoms with Gasteiger partial charge < -0.3 is 9.84 Å². The van der Waals surface area contributed by atoms with E-state index in [0.717, 1.165) is 12.0 Å². The van der Waals surface area contributed by atoms with Gasteiger partial charge >= 0.3 is 0 Å². The minimum absolute atomic E-state index is 0.0725. The molecule has 3 aromatic carbocycles. The summed E-state index contributed by atoms with van der Waals surface area (Å²) in [7, 11) is 1.57. The van der Waals surface area contributed by atoms with Crippen LogP contribution in [0.3, 0.4) is 0 Å². The summed E-state index contributed by atoms with van der Waals surface area (Å²) >= 11 is 0. The van der Waals surface area contributed by atoms with E-state index in [0.29, 0.717) is 22.6 Å². The molecule has 1 fully saturated rings. The highest BCUT2D eigenvalue weighted by atomic mass is 16.5. The van der Waals surface area contributed by atoms with Crippen molar-refractivity contribution in [1.29, 1.82) is 0 Å². The summed E-state index contributed by atoms with van der Waals surface area (Å²) in [6, 6.07) is 22.8. The molecule has 0 bridgehead atoms. The third-order valence-corrected chi connectivity index (χ3v) is 5.55. The molecular weight excluding hydrogens is 390 g/mol. The maximum atomic E-state index is 13.1. The number of aliphatic hydroxyl groups excluding tert-OH is 1. The predicted molar refractivity (Wildman–Crippen MR) is 120 cm³/mol. The predicted octanol–water partition coefficient (Wildman–Crippen LogP) is 4.88. The van der Waals surface area contributed by atoms with Gasteiger partial charge in [0.05, 0.1) is 18.7 Å². The fraction of sp³-hybridized carbons (Fsp3) is 0.154. The number of hydrogen-bond acceptors (Lipinski definition) is 4. The molecule has 0 saturated carbocycles. The summed E-state index contributed by atoms with van der Waals surface area (Å²) < 4.78 is 5.24. The van der Waals surface area contributed by atoms with Crippen LogP contribution < -0.4 is 9.64 Å². The Balaban J connectivity index is 1.90. The van der Waals surface area contributed by atoms with Gasteiger partial charge in [-0.3, -0.25) is 14.5 Å². The highest BCUT2D eigenvalue weighted by Gasteiger charge is 2.46. The van der Waals surface area contributed by atoms with E-state index in [4.69, 9.17) is 4.74 Å². The van der Waals surface area contributed by atoms with Crippen molar-refractivity contribution in [3.63, 3.8) is 0 Å². The van der Waals surface area contributed by atoms with Crippen molar-refractivity contribution >= 4 is 23.1 Å². The highest BCUT2D eigenvalue weighted by molar-refractivity contribution is 6.51. The molecule has 1 heterocycles. The molecule has 1 aliphatic heterocycles. The minimum Gasteiger partial charge on any atom is -0.507 e. The summed E-state index contributed by atoms with van der Waals surface area (Å²) in [6.45, 7) is 2.05. The molecule has 1 N–H and O–H groups in total. The van der Waals surface area contributed by atoms with Gasteiger partial charge in [0.2, 0.25) is 0 Å². The Morgan fingerprint density at radius 3 is 2.16 bits per heavy atom. The molecule has 0 aromatic heterocycles. The van der Waals surface area contributed by atoms with Crippen molar-refractivity contribution in [1.82, 2.24) is 0 Å². The summed E-state index contributed by atoms with van der Waals surface area (Å²) in [6.07, 6.45) is 0.866. The topological polar surface area (TPSA) is 66.8 Å². The summed E-state index contributed by atoms with van der Waals surface area (Å²) in [5.41, 5.74) is 2.99. The summed E-state index contributed by atoms with van der Waals surface area (Å²) in [4.78, 5) is 27.6. The molecule has 3 aromatic rings. The fourth-order valence-electron chi connectivity index (χ4n) is 3.84. The molecule has 1 aliphatic rings. The average molecular weight is 413 g/mol. The normalized spacial score (nSPS) is 17.7. The third kappa shape index (κ3) is 3.70. The number of aliphatic hydroxyl groups is 1. The number of amides is 1. The Morgan fingerprint density at radius 2 is 1.58 bits per heavy atom. The molecule has 1 unspecified atom stereocenters. The molecule has 1 amide bonds. The smallest absolute Gasteiger partial charge is 0.300 e. The first kappa shape index (κ1) is 20.4. The number of benzene rings is 3. The van der Waals surface area contributed by atoms with Crippen LogP contribution in [-0.4, -0.2) is 23.9 Å². The van der Waals surface area contributed by atoms with E-state index in [2.05, 4.69) is 0 Å². The lowest BCUT2D eigenvalue weighted by Gasteiger charge is -2.25. The molecule has 31 heavy (non-hydrogen) atoms. The van der Waals surface area contributed by atoms with Gasteiger partial charge in [-0.05, 0) is 41.8 Å². The van der Waals surface area contributed by atoms with Crippen molar-refractivity contribution in [2.45, 2.75) is 19.4 Å². The maximum absolute atomic E-state index is 13.1. The van der Waals surface area contributed by atoms with Gasteiger partial charge in [0.1, 0.15) is 11.5 Å². The number of ether oxygens (including phenoxy) is 1. The zero-order valence-electron chi connectivity index (χ0n) is 17.4. The van der Waals surface area contributed by atoms with Gasteiger partial charge in [-0.2, -0.15) is 0 Å². The van der Waals surface area contributed by atoms with Crippen LogP contribution in [0.1, 0.15) is 29.7 Å². The molecule has 1 atom stereocenters. The standard InChI is InChI=1S/C26H23NO4/c1-3-17-9-11-19(12-10-17)24(28)22-23(18-13-15-21(31-2)16-14-18)27(26(30)25(22)29)20-7-5-4-6-8-20/h4-16,23,28H,3H2,1-2H3/b24-22-. The van der Waals surface area contributed by atoms with E-state index in [9.17, 15) is 14.7 Å². The summed E-state index contributed by atoms with van der Waals surface area (Å²) in [5.74, 6) is -0.892. The molecule has 5 nitrogen and oxygen atoms in total. The van der Waals surface area contributed by atoms with Gasteiger partial charge in [-0.1, -0.05) is 61.5 Å². The van der Waals surface area contributed by atoms with Crippen molar-refractivity contribution in [3.8, 4) is 5.75 Å². The van der Waals surface area contributed by atoms with E-state index >= 15 is 0 Å². The Hall–Kier alpha value is -3.86. The van der Waals surface area contributed by atoms with Gasteiger partial charge in [0.15, 0.2) is 0 Å². The van der Waals surface area contributed by atoms with E-state index < -0.39 is 17.7 Å². The molecule has 0 radical (unpaired) electrons. The molecule has 1 saturated heterocycles. The quantitative estimate of drug-likeness (QED) is 0.368. The number of methoxy groups -OCH3 is 1. The Kier molecular flexibility index (Phi) is 5.58. The second kappa shape index (κ2) is 8.48. The molecule has 4 rings (SSSR count). The van der Waals surface area contributed by atoms with Crippen LogP contribution in [0.25, 0.3) is 5.76 Å². The number of Topliss-reactive ketones (excluding diaryl/α,β-unsaturated/α-hetero) is 1. The number of hydrogen-bond donors (Lipinski definition) is 1. The molecule has 0 spiro atoms. The van der Waals surface area contributed by atoms with Crippen LogP contribution in [0.2, 0.25) is 0 Å². The maximum Gasteiger partial charge on any atom is 0.300 e. The number of nitrogens with zero attached hydrogens (tertiary/aromatic N) is 1. The Bertz CT molecular complexity index is 1130. The molecule has 0 aliphatic carbocycles. The lowest BCUT2D eigenvalue weighted by Crippen LogP contribution is -2.29. The number of carbonyl (C=O) groups excluding carboxylic acids is 2. The molecule has 156 valence electrons. The van der Waals surface area contributed by atoms with Gasteiger partial charge in [-0.25, -0.2) is 0 Å². The minimum atomic E-state index is -0.751. The van der Waals surface area contributed by atoms with E-state index in [1.165, 1.54) is 4.90 Å². The van der Waals surface area contributed by atoms with Gasteiger partial charge in [0, 0.05) is 11.3 Å². The van der Waals surface area contributed by atoms with Crippen LogP contribution in [-0.2, 0) is 16.0 Å². The van der Waals surface area contributed by atoms with Gasteiger partial charge in [0.25, 0.3) is 11.7 Å². The fourth-order valence-corrected chi connectivity index (χ4v) is 3.84. The van der Waals surface area contributed by atoms with Crippen molar-refractivity contribution in [2.24, 2.45) is 0 Å². The Labute approximate surface area is 181 Å². The van der Waals surface area contributed by atoms with Crippen molar-refractivity contribution in [3.05, 3.63) is 101 Å². The van der Waals surface area contributed by atoms with Crippen molar-refractivity contribution < 1.29 is 19.4 Å².